The number of rotatable bonds is 8. The molecule has 96 valence electrons. The molecule has 0 heterocycles. The smallest absolute Gasteiger partial charge is 0.314 e. The molecular weight excluding hydrogens is 204 g/mol. The molecule has 0 saturated carbocycles. The quantitative estimate of drug-likeness (QED) is 0.475. The summed E-state index contributed by atoms with van der Waals surface area (Å²) in [6.07, 6.45) is 1.96. The van der Waals surface area contributed by atoms with Crippen LogP contribution >= 0.6 is 0 Å². The van der Waals surface area contributed by atoms with Gasteiger partial charge in [0.2, 0.25) is 0 Å². The van der Waals surface area contributed by atoms with Crippen molar-refractivity contribution in [2.45, 2.75) is 47.5 Å². The molecule has 3 heteroatoms. The molecule has 0 radical (unpaired) electrons. The second-order valence-electron chi connectivity index (χ2n) is 4.70. The van der Waals surface area contributed by atoms with Crippen molar-refractivity contribution in [3.63, 3.8) is 0 Å². The molecule has 0 fully saturated rings. The van der Waals surface area contributed by atoms with Gasteiger partial charge >= 0.3 is 5.97 Å². The van der Waals surface area contributed by atoms with Gasteiger partial charge in [0.05, 0.1) is 18.6 Å². The summed E-state index contributed by atoms with van der Waals surface area (Å²) in [5.41, 5.74) is -0.524. The first kappa shape index (κ1) is 15.4. The maximum Gasteiger partial charge on any atom is 0.314 e. The molecule has 0 aliphatic carbocycles. The van der Waals surface area contributed by atoms with Crippen molar-refractivity contribution in [1.29, 1.82) is 0 Å². The lowest BCUT2D eigenvalue weighted by Gasteiger charge is -2.30. The van der Waals surface area contributed by atoms with Crippen molar-refractivity contribution in [3.8, 4) is 0 Å². The van der Waals surface area contributed by atoms with E-state index < -0.39 is 5.41 Å². The molecule has 0 amide bonds. The van der Waals surface area contributed by atoms with E-state index in [4.69, 9.17) is 9.47 Å². The average molecular weight is 230 g/mol. The predicted octanol–water partition coefficient (Wildman–Crippen LogP) is 3.03. The minimum atomic E-state index is -0.524. The summed E-state index contributed by atoms with van der Waals surface area (Å²) in [6.45, 7) is 11.6. The highest BCUT2D eigenvalue weighted by Crippen LogP contribution is 2.29. The van der Waals surface area contributed by atoms with Crippen molar-refractivity contribution >= 4 is 5.97 Å². The summed E-state index contributed by atoms with van der Waals surface area (Å²) >= 11 is 0. The lowest BCUT2D eigenvalue weighted by Crippen LogP contribution is -2.39. The number of hydrogen-bond acceptors (Lipinski definition) is 3. The third-order valence-electron chi connectivity index (χ3n) is 3.08. The molecule has 0 aliphatic heterocycles. The minimum absolute atomic E-state index is 0.135. The molecule has 16 heavy (non-hydrogen) atoms. The van der Waals surface area contributed by atoms with E-state index in [0.29, 0.717) is 19.8 Å². The van der Waals surface area contributed by atoms with E-state index in [2.05, 4.69) is 6.92 Å². The normalized spacial score (nSPS) is 14.9. The summed E-state index contributed by atoms with van der Waals surface area (Å²) in [7, 11) is 0. The van der Waals surface area contributed by atoms with Crippen LogP contribution in [0.5, 0.6) is 0 Å². The summed E-state index contributed by atoms with van der Waals surface area (Å²) < 4.78 is 10.7. The number of hydrogen-bond donors (Lipinski definition) is 0. The predicted molar refractivity (Wildman–Crippen MR) is 65.3 cm³/mol. The van der Waals surface area contributed by atoms with Crippen LogP contribution in [0.1, 0.15) is 47.5 Å². The molecule has 0 bridgehead atoms. The van der Waals surface area contributed by atoms with Gasteiger partial charge in [0.25, 0.3) is 0 Å². The molecule has 0 aromatic carbocycles. The van der Waals surface area contributed by atoms with E-state index in [1.165, 1.54) is 0 Å². The first-order valence-corrected chi connectivity index (χ1v) is 6.24. The monoisotopic (exact) mass is 230 g/mol. The first-order valence-electron chi connectivity index (χ1n) is 6.24. The molecule has 3 nitrogen and oxygen atoms in total. The Balaban J connectivity index is 4.33. The highest BCUT2D eigenvalue weighted by Gasteiger charge is 2.38. The van der Waals surface area contributed by atoms with E-state index in [0.717, 1.165) is 12.8 Å². The maximum absolute atomic E-state index is 12.0. The summed E-state index contributed by atoms with van der Waals surface area (Å²) in [5, 5.41) is 0. The average Bonchev–Trinajstić information content (AvgIpc) is 2.25. The third kappa shape index (κ3) is 4.52. The zero-order valence-electron chi connectivity index (χ0n) is 11.3. The van der Waals surface area contributed by atoms with E-state index in [-0.39, 0.29) is 11.9 Å². The third-order valence-corrected chi connectivity index (χ3v) is 3.08. The fourth-order valence-electron chi connectivity index (χ4n) is 1.25. The van der Waals surface area contributed by atoms with Crippen LogP contribution in [0.2, 0.25) is 0 Å². The number of ether oxygens (including phenoxy) is 2. The first-order chi connectivity index (χ1) is 7.49. The number of unbranched alkanes of at least 4 members (excludes halogenated alkanes) is 1. The zero-order valence-corrected chi connectivity index (χ0v) is 11.3. The lowest BCUT2D eigenvalue weighted by atomic mass is 9.80. The standard InChI is InChI=1S/C13H26O3/c1-6-8-9-16-12(14)13(5,11(3)4)10-15-7-2/h11H,6-10H2,1-5H3. The zero-order chi connectivity index (χ0) is 12.6. The minimum Gasteiger partial charge on any atom is -0.465 e. The maximum atomic E-state index is 12.0. The Bertz CT molecular complexity index is 201. The Morgan fingerprint density at radius 3 is 2.38 bits per heavy atom. The molecular formula is C13H26O3. The van der Waals surface area contributed by atoms with E-state index in [1.807, 2.05) is 27.7 Å². The van der Waals surface area contributed by atoms with Crippen LogP contribution in [0.4, 0.5) is 0 Å². The fraction of sp³-hybridized carbons (Fsp3) is 0.923. The number of carbonyl (C=O) groups excluding carboxylic acids is 1. The summed E-state index contributed by atoms with van der Waals surface area (Å²) in [4.78, 5) is 12.0. The Hall–Kier alpha value is -0.570. The van der Waals surface area contributed by atoms with Crippen molar-refractivity contribution < 1.29 is 14.3 Å². The van der Waals surface area contributed by atoms with E-state index in [1.54, 1.807) is 0 Å². The summed E-state index contributed by atoms with van der Waals surface area (Å²) in [5.74, 6) is 0.0811. The van der Waals surface area contributed by atoms with Crippen LogP contribution in [0.25, 0.3) is 0 Å². The van der Waals surface area contributed by atoms with Crippen LogP contribution in [0.3, 0.4) is 0 Å². The van der Waals surface area contributed by atoms with E-state index >= 15 is 0 Å². The van der Waals surface area contributed by atoms with Gasteiger partial charge in [-0.25, -0.2) is 0 Å². The largest absolute Gasteiger partial charge is 0.465 e. The van der Waals surface area contributed by atoms with Gasteiger partial charge in [0.1, 0.15) is 0 Å². The van der Waals surface area contributed by atoms with Crippen LogP contribution in [0.15, 0.2) is 0 Å². The van der Waals surface area contributed by atoms with Crippen molar-refractivity contribution in [3.05, 3.63) is 0 Å². The van der Waals surface area contributed by atoms with Crippen molar-refractivity contribution in [2.24, 2.45) is 11.3 Å². The summed E-state index contributed by atoms with van der Waals surface area (Å²) in [6, 6.07) is 0. The topological polar surface area (TPSA) is 35.5 Å². The second-order valence-corrected chi connectivity index (χ2v) is 4.70. The van der Waals surface area contributed by atoms with Crippen LogP contribution in [0, 0.1) is 11.3 Å². The number of carbonyl (C=O) groups is 1. The Morgan fingerprint density at radius 1 is 1.31 bits per heavy atom. The Labute approximate surface area is 99.5 Å². The highest BCUT2D eigenvalue weighted by atomic mass is 16.5. The van der Waals surface area contributed by atoms with Gasteiger partial charge in [0, 0.05) is 6.61 Å². The van der Waals surface area contributed by atoms with Gasteiger partial charge in [0.15, 0.2) is 0 Å². The molecule has 0 aliphatic rings. The molecule has 0 rings (SSSR count). The highest BCUT2D eigenvalue weighted by molar-refractivity contribution is 5.76. The van der Waals surface area contributed by atoms with Gasteiger partial charge < -0.3 is 9.47 Å². The fourth-order valence-corrected chi connectivity index (χ4v) is 1.25. The van der Waals surface area contributed by atoms with Gasteiger partial charge in [-0.05, 0) is 26.2 Å². The van der Waals surface area contributed by atoms with Crippen molar-refractivity contribution in [2.75, 3.05) is 19.8 Å². The van der Waals surface area contributed by atoms with Gasteiger partial charge in [-0.1, -0.05) is 27.2 Å². The Kier molecular flexibility index (Phi) is 7.39. The molecule has 0 N–H and O–H groups in total. The molecule has 0 saturated heterocycles. The lowest BCUT2D eigenvalue weighted by molar-refractivity contribution is -0.162. The SMILES string of the molecule is CCCCOC(=O)C(C)(COCC)C(C)C. The number of esters is 1. The second kappa shape index (κ2) is 7.66. The van der Waals surface area contributed by atoms with Gasteiger partial charge in [-0.3, -0.25) is 4.79 Å². The van der Waals surface area contributed by atoms with Gasteiger partial charge in [-0.2, -0.15) is 0 Å². The molecule has 1 unspecified atom stereocenters. The van der Waals surface area contributed by atoms with Crippen LogP contribution < -0.4 is 0 Å². The molecule has 1 atom stereocenters. The van der Waals surface area contributed by atoms with E-state index in [9.17, 15) is 4.79 Å². The molecule has 0 spiro atoms. The van der Waals surface area contributed by atoms with Crippen molar-refractivity contribution in [1.82, 2.24) is 0 Å². The Morgan fingerprint density at radius 2 is 1.94 bits per heavy atom. The molecule has 0 aromatic rings. The van der Waals surface area contributed by atoms with Crippen LogP contribution in [-0.4, -0.2) is 25.8 Å². The molecule has 0 aromatic heterocycles. The van der Waals surface area contributed by atoms with Crippen LogP contribution in [-0.2, 0) is 14.3 Å². The van der Waals surface area contributed by atoms with Gasteiger partial charge in [-0.15, -0.1) is 0 Å².